The quantitative estimate of drug-likeness (QED) is 0.680. The third-order valence-corrected chi connectivity index (χ3v) is 3.12. The molecule has 3 aromatic rings. The van der Waals surface area contributed by atoms with Crippen LogP contribution in [0.1, 0.15) is 16.1 Å². The van der Waals surface area contributed by atoms with Crippen molar-refractivity contribution < 1.29 is 4.79 Å². The van der Waals surface area contributed by atoms with Crippen LogP contribution in [0.2, 0.25) is 0 Å². The fraction of sp³-hybridized carbons (Fsp3) is 0.0667. The molecule has 2 aromatic heterocycles. The first-order valence-corrected chi connectivity index (χ1v) is 6.30. The van der Waals surface area contributed by atoms with Gasteiger partial charge in [0.25, 0.3) is 5.91 Å². The van der Waals surface area contributed by atoms with E-state index in [0.717, 1.165) is 16.6 Å². The van der Waals surface area contributed by atoms with Crippen LogP contribution in [0.3, 0.4) is 0 Å². The molecule has 20 heavy (non-hydrogen) atoms. The lowest BCUT2D eigenvalue weighted by Crippen LogP contribution is -2.13. The molecule has 0 atom stereocenters. The average molecular weight is 266 g/mol. The lowest BCUT2D eigenvalue weighted by molar-refractivity contribution is 0.102. The Bertz CT molecular complexity index is 763. The van der Waals surface area contributed by atoms with Crippen LogP contribution in [0.5, 0.6) is 0 Å². The summed E-state index contributed by atoms with van der Waals surface area (Å²) in [7, 11) is 0. The molecule has 0 spiro atoms. The molecule has 0 aliphatic carbocycles. The Kier molecular flexibility index (Phi) is 3.18. The van der Waals surface area contributed by atoms with Gasteiger partial charge in [0.15, 0.2) is 0 Å². The normalized spacial score (nSPS) is 10.7. The van der Waals surface area contributed by atoms with Gasteiger partial charge in [-0.3, -0.25) is 9.78 Å². The second-order valence-corrected chi connectivity index (χ2v) is 4.44. The largest absolute Gasteiger partial charge is 0.359 e. The van der Waals surface area contributed by atoms with Gasteiger partial charge in [0, 0.05) is 29.9 Å². The molecule has 0 aliphatic rings. The molecule has 1 aromatic carbocycles. The third-order valence-electron chi connectivity index (χ3n) is 3.12. The molecule has 0 bridgehead atoms. The first kappa shape index (κ1) is 12.4. The number of H-pyrrole nitrogens is 1. The number of benzene rings is 1. The summed E-state index contributed by atoms with van der Waals surface area (Å²) in [6.07, 6.45) is 3.44. The molecule has 4 N–H and O–H groups in total. The highest BCUT2D eigenvalue weighted by atomic mass is 16.1. The zero-order valence-corrected chi connectivity index (χ0v) is 10.8. The van der Waals surface area contributed by atoms with E-state index >= 15 is 0 Å². The molecule has 0 saturated carbocycles. The van der Waals surface area contributed by atoms with Gasteiger partial charge in [0.2, 0.25) is 0 Å². The maximum absolute atomic E-state index is 12.3. The number of carbonyl (C=O) groups excluding carboxylic acids is 1. The number of pyridine rings is 1. The Balaban J connectivity index is 1.90. The molecule has 0 fully saturated rings. The van der Waals surface area contributed by atoms with Crippen molar-refractivity contribution in [3.63, 3.8) is 0 Å². The first-order chi connectivity index (χ1) is 9.78. The Morgan fingerprint density at radius 3 is 3.05 bits per heavy atom. The molecule has 0 saturated heterocycles. The van der Waals surface area contributed by atoms with Gasteiger partial charge in [-0.25, -0.2) is 0 Å². The number of hydrogen-bond donors (Lipinski definition) is 3. The van der Waals surface area contributed by atoms with Gasteiger partial charge < -0.3 is 16.0 Å². The molecule has 3 rings (SSSR count). The van der Waals surface area contributed by atoms with Crippen molar-refractivity contribution in [2.45, 2.75) is 6.54 Å². The van der Waals surface area contributed by atoms with Crippen LogP contribution in [-0.4, -0.2) is 15.9 Å². The Hall–Kier alpha value is -2.66. The summed E-state index contributed by atoms with van der Waals surface area (Å²) >= 11 is 0. The number of aromatic nitrogens is 2. The number of carbonyl (C=O) groups is 1. The average Bonchev–Trinajstić information content (AvgIpc) is 2.97. The summed E-state index contributed by atoms with van der Waals surface area (Å²) in [5, 5.41) is 3.96. The molecule has 0 radical (unpaired) electrons. The standard InChI is InChI=1S/C15H14N4O/c16-9-12-8-11(5-6-17-12)15(20)19-13-3-1-2-10-4-7-18-14(10)13/h1-8,18H,9,16H2,(H,19,20). The van der Waals surface area contributed by atoms with Crippen molar-refractivity contribution in [3.8, 4) is 0 Å². The lowest BCUT2D eigenvalue weighted by Gasteiger charge is -2.07. The number of para-hydroxylation sites is 1. The highest BCUT2D eigenvalue weighted by Gasteiger charge is 2.09. The van der Waals surface area contributed by atoms with Crippen molar-refractivity contribution in [3.05, 3.63) is 60.0 Å². The monoisotopic (exact) mass is 266 g/mol. The Morgan fingerprint density at radius 2 is 2.20 bits per heavy atom. The summed E-state index contributed by atoms with van der Waals surface area (Å²) < 4.78 is 0. The van der Waals surface area contributed by atoms with Gasteiger partial charge in [-0.1, -0.05) is 12.1 Å². The number of nitrogens with zero attached hydrogens (tertiary/aromatic N) is 1. The number of amides is 1. The van der Waals surface area contributed by atoms with Gasteiger partial charge in [-0.05, 0) is 24.3 Å². The van der Waals surface area contributed by atoms with E-state index in [9.17, 15) is 4.79 Å². The number of anilines is 1. The molecular weight excluding hydrogens is 252 g/mol. The SMILES string of the molecule is NCc1cc(C(=O)Nc2cccc3cc[nH]c23)ccn1. The molecule has 1 amide bonds. The molecule has 2 heterocycles. The molecular formula is C15H14N4O. The second-order valence-electron chi connectivity index (χ2n) is 4.44. The van der Waals surface area contributed by atoms with Crippen molar-refractivity contribution in [2.75, 3.05) is 5.32 Å². The van der Waals surface area contributed by atoms with Crippen molar-refractivity contribution in [1.29, 1.82) is 0 Å². The topological polar surface area (TPSA) is 83.8 Å². The summed E-state index contributed by atoms with van der Waals surface area (Å²) in [6.45, 7) is 0.313. The fourth-order valence-electron chi connectivity index (χ4n) is 2.11. The maximum atomic E-state index is 12.3. The van der Waals surface area contributed by atoms with Crippen molar-refractivity contribution >= 4 is 22.5 Å². The van der Waals surface area contributed by atoms with Gasteiger partial charge in [-0.15, -0.1) is 0 Å². The highest BCUT2D eigenvalue weighted by Crippen LogP contribution is 2.22. The van der Waals surface area contributed by atoms with E-state index in [1.54, 1.807) is 18.3 Å². The minimum absolute atomic E-state index is 0.177. The van der Waals surface area contributed by atoms with Crippen LogP contribution in [0.15, 0.2) is 48.8 Å². The van der Waals surface area contributed by atoms with Crippen LogP contribution in [0.4, 0.5) is 5.69 Å². The third kappa shape index (κ3) is 2.26. The number of hydrogen-bond acceptors (Lipinski definition) is 3. The van der Waals surface area contributed by atoms with Crippen LogP contribution in [0, 0.1) is 0 Å². The predicted octanol–water partition coefficient (Wildman–Crippen LogP) is 2.27. The van der Waals surface area contributed by atoms with E-state index in [0.29, 0.717) is 17.8 Å². The zero-order valence-electron chi connectivity index (χ0n) is 10.8. The first-order valence-electron chi connectivity index (χ1n) is 6.30. The van der Waals surface area contributed by atoms with Crippen molar-refractivity contribution in [1.82, 2.24) is 9.97 Å². The van der Waals surface area contributed by atoms with Crippen LogP contribution < -0.4 is 11.1 Å². The number of fused-ring (bicyclic) bond motifs is 1. The zero-order chi connectivity index (χ0) is 13.9. The second kappa shape index (κ2) is 5.14. The van der Waals surface area contributed by atoms with Gasteiger partial charge in [0.1, 0.15) is 0 Å². The fourth-order valence-corrected chi connectivity index (χ4v) is 2.11. The number of aromatic amines is 1. The van der Waals surface area contributed by atoms with Crippen molar-refractivity contribution in [2.24, 2.45) is 5.73 Å². The van der Waals surface area contributed by atoms with Crippen LogP contribution >= 0.6 is 0 Å². The Morgan fingerprint density at radius 1 is 1.30 bits per heavy atom. The summed E-state index contributed by atoms with van der Waals surface area (Å²) in [5.41, 5.74) is 8.43. The van der Waals surface area contributed by atoms with E-state index in [1.165, 1.54) is 0 Å². The number of nitrogens with two attached hydrogens (primary N) is 1. The smallest absolute Gasteiger partial charge is 0.255 e. The Labute approximate surface area is 115 Å². The summed E-state index contributed by atoms with van der Waals surface area (Å²) in [6, 6.07) is 11.1. The molecule has 5 heteroatoms. The van der Waals surface area contributed by atoms with E-state index in [4.69, 9.17) is 5.73 Å². The van der Waals surface area contributed by atoms with E-state index in [1.807, 2.05) is 30.5 Å². The van der Waals surface area contributed by atoms with E-state index < -0.39 is 0 Å². The molecule has 100 valence electrons. The number of rotatable bonds is 3. The highest BCUT2D eigenvalue weighted by molar-refractivity contribution is 6.08. The van der Waals surface area contributed by atoms with Gasteiger partial charge in [-0.2, -0.15) is 0 Å². The minimum atomic E-state index is -0.177. The molecule has 0 unspecified atom stereocenters. The summed E-state index contributed by atoms with van der Waals surface area (Å²) in [5.74, 6) is -0.177. The number of nitrogens with one attached hydrogen (secondary N) is 2. The van der Waals surface area contributed by atoms with Gasteiger partial charge in [0.05, 0.1) is 16.9 Å². The predicted molar refractivity (Wildman–Crippen MR) is 78.4 cm³/mol. The van der Waals surface area contributed by atoms with Crippen LogP contribution in [0.25, 0.3) is 10.9 Å². The molecule has 5 nitrogen and oxygen atoms in total. The van der Waals surface area contributed by atoms with Crippen LogP contribution in [-0.2, 0) is 6.54 Å². The van der Waals surface area contributed by atoms with Gasteiger partial charge >= 0.3 is 0 Å². The summed E-state index contributed by atoms with van der Waals surface area (Å²) in [4.78, 5) is 19.5. The maximum Gasteiger partial charge on any atom is 0.255 e. The lowest BCUT2D eigenvalue weighted by atomic mass is 10.2. The van der Waals surface area contributed by atoms with E-state index in [-0.39, 0.29) is 5.91 Å². The molecule has 0 aliphatic heterocycles. The minimum Gasteiger partial charge on any atom is -0.359 e. The van der Waals surface area contributed by atoms with E-state index in [2.05, 4.69) is 15.3 Å².